The number of nitrogens with zero attached hydrogens (tertiary/aromatic N) is 2. The molecule has 8 aromatic rings. The fourth-order valence-corrected chi connectivity index (χ4v) is 8.93. The summed E-state index contributed by atoms with van der Waals surface area (Å²) >= 11 is 0. The first-order chi connectivity index (χ1) is 25.7. The molecule has 2 aliphatic rings. The highest BCUT2D eigenvalue weighted by Crippen LogP contribution is 2.58. The van der Waals surface area contributed by atoms with Gasteiger partial charge in [-0.15, -0.1) is 0 Å². The molecular formula is C50H38N2. The lowest BCUT2D eigenvalue weighted by Crippen LogP contribution is -2.28. The van der Waals surface area contributed by atoms with Gasteiger partial charge in [0, 0.05) is 22.1 Å². The molecule has 2 heteroatoms. The van der Waals surface area contributed by atoms with Crippen molar-refractivity contribution >= 4 is 10.8 Å². The number of fused-ring (bicyclic) bond motifs is 6. The summed E-state index contributed by atoms with van der Waals surface area (Å²) in [4.78, 5) is 10.3. The molecule has 248 valence electrons. The second kappa shape index (κ2) is 12.6. The molecule has 52 heavy (non-hydrogen) atoms. The van der Waals surface area contributed by atoms with E-state index in [2.05, 4.69) is 164 Å². The molecule has 10 rings (SSSR count). The van der Waals surface area contributed by atoms with Crippen LogP contribution in [0.1, 0.15) is 43.2 Å². The van der Waals surface area contributed by atoms with Crippen molar-refractivity contribution in [2.45, 2.75) is 37.5 Å². The summed E-state index contributed by atoms with van der Waals surface area (Å²) in [6.07, 6.45) is 6.31. The lowest BCUT2D eigenvalue weighted by atomic mass is 9.67. The van der Waals surface area contributed by atoms with Crippen LogP contribution in [0.2, 0.25) is 0 Å². The highest BCUT2D eigenvalue weighted by Gasteiger charge is 2.44. The summed E-state index contributed by atoms with van der Waals surface area (Å²) in [5, 5.41) is 2.65. The zero-order valence-electron chi connectivity index (χ0n) is 29.1. The maximum atomic E-state index is 5.20. The van der Waals surface area contributed by atoms with Gasteiger partial charge in [0.1, 0.15) is 0 Å². The standard InChI is InChI=1S/C50H38N2/c1-4-14-34(15-5-1)35-24-26-36(27-25-35)46-33-47(52-49(51-46)37-16-6-2-7-17-37)41-21-12-20-40(30-41)42-22-13-23-44-48(42)43-31-38-18-8-9-19-39(38)32-45(43)50(44)28-10-3-11-29-50/h1-2,4-9,12-27,30-33H,3,10-11,28-29H2. The Balaban J connectivity index is 1.11. The summed E-state index contributed by atoms with van der Waals surface area (Å²) in [5.41, 5.74) is 15.8. The smallest absolute Gasteiger partial charge is 0.160 e. The molecule has 1 spiro atoms. The van der Waals surface area contributed by atoms with Gasteiger partial charge in [0.25, 0.3) is 0 Å². The van der Waals surface area contributed by atoms with E-state index in [1.54, 1.807) is 0 Å². The predicted molar refractivity (Wildman–Crippen MR) is 216 cm³/mol. The van der Waals surface area contributed by atoms with Gasteiger partial charge in [-0.25, -0.2) is 9.97 Å². The van der Waals surface area contributed by atoms with Crippen LogP contribution in [-0.2, 0) is 5.41 Å². The molecule has 1 heterocycles. The van der Waals surface area contributed by atoms with E-state index in [0.717, 1.165) is 33.9 Å². The molecular weight excluding hydrogens is 629 g/mol. The van der Waals surface area contributed by atoms with E-state index in [1.807, 2.05) is 6.07 Å². The minimum absolute atomic E-state index is 0.0861. The molecule has 7 aromatic carbocycles. The Kier molecular flexibility index (Phi) is 7.42. The summed E-state index contributed by atoms with van der Waals surface area (Å²) in [6, 6.07) is 61.6. The van der Waals surface area contributed by atoms with Crippen molar-refractivity contribution in [1.29, 1.82) is 0 Å². The van der Waals surface area contributed by atoms with E-state index in [9.17, 15) is 0 Å². The zero-order chi connectivity index (χ0) is 34.5. The van der Waals surface area contributed by atoms with E-state index < -0.39 is 0 Å². The molecule has 0 atom stereocenters. The maximum absolute atomic E-state index is 5.20. The Bertz CT molecular complexity index is 2580. The van der Waals surface area contributed by atoms with E-state index in [1.165, 1.54) is 87.4 Å². The number of hydrogen-bond acceptors (Lipinski definition) is 2. The first-order valence-corrected chi connectivity index (χ1v) is 18.6. The molecule has 1 aromatic heterocycles. The van der Waals surface area contributed by atoms with Gasteiger partial charge in [0.2, 0.25) is 0 Å². The number of rotatable bonds is 5. The Morgan fingerprint density at radius 2 is 0.942 bits per heavy atom. The van der Waals surface area contributed by atoms with Crippen LogP contribution in [0.3, 0.4) is 0 Å². The van der Waals surface area contributed by atoms with Crippen LogP contribution in [0.15, 0.2) is 170 Å². The SMILES string of the molecule is c1ccc(-c2ccc(-c3cc(-c4cccc(-c5cccc6c5-c5cc7ccccc7cc5C65CCCCC5)c4)nc(-c4ccccc4)n3)cc2)cc1. The molecule has 0 aliphatic heterocycles. The molecule has 1 fully saturated rings. The van der Waals surface area contributed by atoms with Crippen molar-refractivity contribution < 1.29 is 0 Å². The first kappa shape index (κ1) is 30.7. The number of aromatic nitrogens is 2. The van der Waals surface area contributed by atoms with E-state index >= 15 is 0 Å². The maximum Gasteiger partial charge on any atom is 0.160 e. The lowest BCUT2D eigenvalue weighted by molar-refractivity contribution is 0.353. The van der Waals surface area contributed by atoms with Gasteiger partial charge in [-0.05, 0) is 92.4 Å². The van der Waals surface area contributed by atoms with E-state index in [4.69, 9.17) is 9.97 Å². The zero-order valence-corrected chi connectivity index (χ0v) is 29.1. The Hall–Kier alpha value is -6.12. The summed E-state index contributed by atoms with van der Waals surface area (Å²) in [7, 11) is 0. The number of benzene rings is 7. The Morgan fingerprint density at radius 3 is 1.69 bits per heavy atom. The van der Waals surface area contributed by atoms with Crippen LogP contribution in [0.5, 0.6) is 0 Å². The summed E-state index contributed by atoms with van der Waals surface area (Å²) in [5.74, 6) is 0.728. The van der Waals surface area contributed by atoms with Gasteiger partial charge in [-0.1, -0.05) is 165 Å². The van der Waals surface area contributed by atoms with E-state index in [0.29, 0.717) is 0 Å². The minimum Gasteiger partial charge on any atom is -0.228 e. The molecule has 0 bridgehead atoms. The van der Waals surface area contributed by atoms with Gasteiger partial charge < -0.3 is 0 Å². The van der Waals surface area contributed by atoms with Crippen molar-refractivity contribution in [1.82, 2.24) is 9.97 Å². The van der Waals surface area contributed by atoms with Gasteiger partial charge in [-0.2, -0.15) is 0 Å². The van der Waals surface area contributed by atoms with Crippen molar-refractivity contribution in [3.8, 4) is 67.3 Å². The molecule has 0 radical (unpaired) electrons. The fourth-order valence-electron chi connectivity index (χ4n) is 8.93. The normalized spacial score (nSPS) is 14.3. The highest BCUT2D eigenvalue weighted by atomic mass is 14.9. The molecule has 0 amide bonds. The van der Waals surface area contributed by atoms with Crippen molar-refractivity contribution in [2.24, 2.45) is 0 Å². The second-order valence-electron chi connectivity index (χ2n) is 14.5. The third-order valence-electron chi connectivity index (χ3n) is 11.5. The Labute approximate surface area is 305 Å². The third kappa shape index (κ3) is 5.17. The fraction of sp³-hybridized carbons (Fsp3) is 0.120. The molecule has 0 unspecified atom stereocenters. The number of hydrogen-bond donors (Lipinski definition) is 0. The quantitative estimate of drug-likeness (QED) is 0.183. The highest BCUT2D eigenvalue weighted by molar-refractivity contribution is 5.99. The van der Waals surface area contributed by atoms with Crippen LogP contribution in [0, 0.1) is 0 Å². The molecule has 2 nitrogen and oxygen atoms in total. The third-order valence-corrected chi connectivity index (χ3v) is 11.5. The van der Waals surface area contributed by atoms with Gasteiger partial charge in [0.05, 0.1) is 11.4 Å². The average molecular weight is 667 g/mol. The minimum atomic E-state index is 0.0861. The van der Waals surface area contributed by atoms with Crippen LogP contribution < -0.4 is 0 Å². The predicted octanol–water partition coefficient (Wildman–Crippen LogP) is 13.2. The monoisotopic (exact) mass is 666 g/mol. The topological polar surface area (TPSA) is 25.8 Å². The average Bonchev–Trinajstić information content (AvgIpc) is 3.48. The Morgan fingerprint density at radius 1 is 0.365 bits per heavy atom. The summed E-state index contributed by atoms with van der Waals surface area (Å²) in [6.45, 7) is 0. The van der Waals surface area contributed by atoms with Crippen molar-refractivity contribution in [3.63, 3.8) is 0 Å². The van der Waals surface area contributed by atoms with Gasteiger partial charge in [0.15, 0.2) is 5.82 Å². The second-order valence-corrected chi connectivity index (χ2v) is 14.5. The molecule has 0 saturated heterocycles. The van der Waals surface area contributed by atoms with Gasteiger partial charge >= 0.3 is 0 Å². The van der Waals surface area contributed by atoms with E-state index in [-0.39, 0.29) is 5.41 Å². The molecule has 1 saturated carbocycles. The van der Waals surface area contributed by atoms with Gasteiger partial charge in [-0.3, -0.25) is 0 Å². The summed E-state index contributed by atoms with van der Waals surface area (Å²) < 4.78 is 0. The van der Waals surface area contributed by atoms with Crippen molar-refractivity contribution in [2.75, 3.05) is 0 Å². The van der Waals surface area contributed by atoms with Crippen LogP contribution in [0.25, 0.3) is 78.1 Å². The van der Waals surface area contributed by atoms with Crippen LogP contribution in [-0.4, -0.2) is 9.97 Å². The largest absolute Gasteiger partial charge is 0.228 e. The molecule has 0 N–H and O–H groups in total. The lowest BCUT2D eigenvalue weighted by Gasteiger charge is -2.36. The van der Waals surface area contributed by atoms with Crippen LogP contribution in [0.4, 0.5) is 0 Å². The van der Waals surface area contributed by atoms with Crippen molar-refractivity contribution in [3.05, 3.63) is 181 Å². The first-order valence-electron chi connectivity index (χ1n) is 18.6. The van der Waals surface area contributed by atoms with Crippen LogP contribution >= 0.6 is 0 Å². The molecule has 2 aliphatic carbocycles.